The van der Waals surface area contributed by atoms with E-state index in [0.29, 0.717) is 19.7 Å². The van der Waals surface area contributed by atoms with Crippen LogP contribution >= 0.6 is 0 Å². The molecule has 0 atom stereocenters. The summed E-state index contributed by atoms with van der Waals surface area (Å²) < 4.78 is 5.78. The predicted molar refractivity (Wildman–Crippen MR) is 84.7 cm³/mol. The zero-order valence-corrected chi connectivity index (χ0v) is 13.4. The lowest BCUT2D eigenvalue weighted by atomic mass is 10.1. The van der Waals surface area contributed by atoms with Crippen molar-refractivity contribution in [3.8, 4) is 5.75 Å². The summed E-state index contributed by atoms with van der Waals surface area (Å²) in [7, 11) is 1.85. The van der Waals surface area contributed by atoms with Crippen molar-refractivity contribution in [2.45, 2.75) is 26.7 Å². The number of aryl methyl sites for hydroxylation is 2. The van der Waals surface area contributed by atoms with E-state index < -0.39 is 0 Å². The largest absolute Gasteiger partial charge is 0.491 e. The van der Waals surface area contributed by atoms with Crippen LogP contribution in [0.4, 0.5) is 0 Å². The molecule has 2 rings (SSSR count). The topological polar surface area (TPSA) is 32.8 Å². The minimum absolute atomic E-state index is 0.182. The fraction of sp³-hybridized carbons (Fsp3) is 0.588. The molecule has 1 fully saturated rings. The van der Waals surface area contributed by atoms with Crippen molar-refractivity contribution < 1.29 is 9.53 Å². The van der Waals surface area contributed by atoms with Crippen LogP contribution in [0.15, 0.2) is 18.2 Å². The van der Waals surface area contributed by atoms with Crippen molar-refractivity contribution >= 4 is 5.91 Å². The van der Waals surface area contributed by atoms with E-state index in [2.05, 4.69) is 17.9 Å². The van der Waals surface area contributed by atoms with Gasteiger partial charge in [0.15, 0.2) is 0 Å². The van der Waals surface area contributed by atoms with E-state index in [4.69, 9.17) is 4.74 Å². The lowest BCUT2D eigenvalue weighted by Gasteiger charge is -2.21. The van der Waals surface area contributed by atoms with Gasteiger partial charge in [-0.3, -0.25) is 9.69 Å². The lowest BCUT2D eigenvalue weighted by molar-refractivity contribution is -0.131. The summed E-state index contributed by atoms with van der Waals surface area (Å²) >= 11 is 0. The third-order valence-corrected chi connectivity index (χ3v) is 4.00. The molecule has 1 aromatic carbocycles. The molecule has 1 aliphatic rings. The molecule has 0 unspecified atom stereocenters. The smallest absolute Gasteiger partial charge is 0.236 e. The van der Waals surface area contributed by atoms with Gasteiger partial charge in [-0.25, -0.2) is 0 Å². The highest BCUT2D eigenvalue weighted by molar-refractivity contribution is 5.78. The molecule has 0 aliphatic carbocycles. The van der Waals surface area contributed by atoms with E-state index >= 15 is 0 Å². The minimum atomic E-state index is 0.182. The predicted octanol–water partition coefficient (Wildman–Crippen LogP) is 2.24. The molecule has 0 saturated carbocycles. The Morgan fingerprint density at radius 3 is 2.67 bits per heavy atom. The average Bonchev–Trinajstić information content (AvgIpc) is 2.94. The van der Waals surface area contributed by atoms with Gasteiger partial charge in [-0.2, -0.15) is 0 Å². The van der Waals surface area contributed by atoms with Gasteiger partial charge in [0.25, 0.3) is 0 Å². The average molecular weight is 290 g/mol. The van der Waals surface area contributed by atoms with Crippen LogP contribution in [0.2, 0.25) is 0 Å². The van der Waals surface area contributed by atoms with Gasteiger partial charge in [-0.15, -0.1) is 0 Å². The maximum Gasteiger partial charge on any atom is 0.236 e. The fourth-order valence-corrected chi connectivity index (χ4v) is 2.63. The summed E-state index contributed by atoms with van der Waals surface area (Å²) in [5.41, 5.74) is 2.37. The summed E-state index contributed by atoms with van der Waals surface area (Å²) in [4.78, 5) is 16.1. The van der Waals surface area contributed by atoms with Gasteiger partial charge in [0, 0.05) is 7.05 Å². The molecule has 1 heterocycles. The molecule has 0 bridgehead atoms. The molecule has 21 heavy (non-hydrogen) atoms. The number of benzene rings is 1. The van der Waals surface area contributed by atoms with E-state index in [1.165, 1.54) is 18.4 Å². The van der Waals surface area contributed by atoms with Crippen molar-refractivity contribution in [3.63, 3.8) is 0 Å². The summed E-state index contributed by atoms with van der Waals surface area (Å²) in [5.74, 6) is 1.09. The van der Waals surface area contributed by atoms with Crippen LogP contribution in [0.25, 0.3) is 0 Å². The number of hydrogen-bond acceptors (Lipinski definition) is 3. The Morgan fingerprint density at radius 2 is 2.00 bits per heavy atom. The van der Waals surface area contributed by atoms with Crippen LogP contribution in [0.5, 0.6) is 5.75 Å². The Kier molecular flexibility index (Phi) is 5.62. The number of nitrogens with zero attached hydrogens (tertiary/aromatic N) is 2. The summed E-state index contributed by atoms with van der Waals surface area (Å²) in [6, 6.07) is 6.15. The van der Waals surface area contributed by atoms with Crippen molar-refractivity contribution in [1.29, 1.82) is 0 Å². The minimum Gasteiger partial charge on any atom is -0.491 e. The van der Waals surface area contributed by atoms with Gasteiger partial charge in [0.2, 0.25) is 5.91 Å². The number of likely N-dealkylation sites (N-methyl/N-ethyl adjacent to an activating group) is 1. The van der Waals surface area contributed by atoms with Crippen LogP contribution in [-0.2, 0) is 4.79 Å². The first-order chi connectivity index (χ1) is 10.1. The van der Waals surface area contributed by atoms with E-state index in [1.807, 2.05) is 26.1 Å². The molecule has 0 spiro atoms. The quantitative estimate of drug-likeness (QED) is 0.805. The number of rotatable bonds is 6. The van der Waals surface area contributed by atoms with Gasteiger partial charge >= 0.3 is 0 Å². The van der Waals surface area contributed by atoms with Crippen LogP contribution in [0, 0.1) is 13.8 Å². The maximum atomic E-state index is 12.1. The molecule has 0 N–H and O–H groups in total. The van der Waals surface area contributed by atoms with Gasteiger partial charge in [0.05, 0.1) is 13.1 Å². The van der Waals surface area contributed by atoms with E-state index in [0.717, 1.165) is 24.4 Å². The second-order valence-corrected chi connectivity index (χ2v) is 5.92. The standard InChI is InChI=1S/C17H26N2O2/c1-14-6-7-16(15(2)12-14)21-11-10-18(3)17(20)13-19-8-4-5-9-19/h6-7,12H,4-5,8-11,13H2,1-3H3. The number of ether oxygens (including phenoxy) is 1. The summed E-state index contributed by atoms with van der Waals surface area (Å²) in [6.45, 7) is 7.93. The zero-order valence-electron chi connectivity index (χ0n) is 13.4. The first kappa shape index (κ1) is 15.8. The van der Waals surface area contributed by atoms with Crippen LogP contribution in [-0.4, -0.2) is 55.5 Å². The molecule has 1 saturated heterocycles. The number of carbonyl (C=O) groups excluding carboxylic acids is 1. The Balaban J connectivity index is 1.73. The molecule has 1 aliphatic heterocycles. The summed E-state index contributed by atoms with van der Waals surface area (Å²) in [5, 5.41) is 0. The van der Waals surface area contributed by atoms with E-state index in [9.17, 15) is 4.79 Å². The number of hydrogen-bond donors (Lipinski definition) is 0. The van der Waals surface area contributed by atoms with E-state index in [-0.39, 0.29) is 5.91 Å². The molecular formula is C17H26N2O2. The highest BCUT2D eigenvalue weighted by Gasteiger charge is 2.17. The highest BCUT2D eigenvalue weighted by atomic mass is 16.5. The molecule has 4 nitrogen and oxygen atoms in total. The van der Waals surface area contributed by atoms with Crippen molar-refractivity contribution in [2.75, 3.05) is 39.8 Å². The maximum absolute atomic E-state index is 12.1. The SMILES string of the molecule is Cc1ccc(OCCN(C)C(=O)CN2CCCC2)c(C)c1. The molecule has 4 heteroatoms. The Bertz CT molecular complexity index is 482. The molecule has 0 radical (unpaired) electrons. The Labute approximate surface area is 127 Å². The summed E-state index contributed by atoms with van der Waals surface area (Å²) in [6.07, 6.45) is 2.43. The fourth-order valence-electron chi connectivity index (χ4n) is 2.63. The van der Waals surface area contributed by atoms with Crippen LogP contribution < -0.4 is 4.74 Å². The second-order valence-electron chi connectivity index (χ2n) is 5.92. The molecule has 1 aromatic rings. The third kappa shape index (κ3) is 4.74. The van der Waals surface area contributed by atoms with Gasteiger partial charge in [-0.1, -0.05) is 17.7 Å². The molecule has 116 valence electrons. The molecular weight excluding hydrogens is 264 g/mol. The van der Waals surface area contributed by atoms with Gasteiger partial charge in [0.1, 0.15) is 12.4 Å². The number of carbonyl (C=O) groups is 1. The Morgan fingerprint density at radius 1 is 1.29 bits per heavy atom. The first-order valence-electron chi connectivity index (χ1n) is 7.72. The lowest BCUT2D eigenvalue weighted by Crippen LogP contribution is -2.38. The van der Waals surface area contributed by atoms with Crippen LogP contribution in [0.1, 0.15) is 24.0 Å². The molecule has 1 amide bonds. The molecule has 0 aromatic heterocycles. The monoisotopic (exact) mass is 290 g/mol. The van der Waals surface area contributed by atoms with E-state index in [1.54, 1.807) is 4.90 Å². The van der Waals surface area contributed by atoms with Gasteiger partial charge in [-0.05, 0) is 51.4 Å². The second kappa shape index (κ2) is 7.46. The zero-order chi connectivity index (χ0) is 15.2. The number of amides is 1. The highest BCUT2D eigenvalue weighted by Crippen LogP contribution is 2.18. The third-order valence-electron chi connectivity index (χ3n) is 4.00. The first-order valence-corrected chi connectivity index (χ1v) is 7.72. The van der Waals surface area contributed by atoms with Crippen molar-refractivity contribution in [1.82, 2.24) is 9.80 Å². The number of likely N-dealkylation sites (tertiary alicyclic amines) is 1. The van der Waals surface area contributed by atoms with Crippen LogP contribution in [0.3, 0.4) is 0 Å². The van der Waals surface area contributed by atoms with Crippen molar-refractivity contribution in [3.05, 3.63) is 29.3 Å². The normalized spacial score (nSPS) is 15.2. The van der Waals surface area contributed by atoms with Gasteiger partial charge < -0.3 is 9.64 Å². The Hall–Kier alpha value is -1.55. The van der Waals surface area contributed by atoms with Crippen molar-refractivity contribution in [2.24, 2.45) is 0 Å².